The van der Waals surface area contributed by atoms with Crippen molar-refractivity contribution in [3.63, 3.8) is 0 Å². The van der Waals surface area contributed by atoms with Crippen LogP contribution in [0.1, 0.15) is 16.9 Å². The predicted molar refractivity (Wildman–Crippen MR) is 77.5 cm³/mol. The predicted octanol–water partition coefficient (Wildman–Crippen LogP) is 0.877. The van der Waals surface area contributed by atoms with Crippen molar-refractivity contribution < 1.29 is 14.6 Å². The molecule has 2 aromatic rings. The third-order valence-corrected chi connectivity index (χ3v) is 3.07. The molecule has 0 aliphatic heterocycles. The van der Waals surface area contributed by atoms with Crippen LogP contribution in [0.15, 0.2) is 24.3 Å². The van der Waals surface area contributed by atoms with E-state index in [1.165, 1.54) is 0 Å². The van der Waals surface area contributed by atoms with Crippen molar-refractivity contribution in [3.8, 4) is 0 Å². The fourth-order valence-corrected chi connectivity index (χ4v) is 2.09. The maximum atomic E-state index is 12.1. The number of anilines is 1. The summed E-state index contributed by atoms with van der Waals surface area (Å²) in [6.45, 7) is 0.358. The molecule has 0 radical (unpaired) electrons. The number of nitrogens with one attached hydrogen (secondary N) is 2. The fourth-order valence-electron chi connectivity index (χ4n) is 2.09. The van der Waals surface area contributed by atoms with E-state index < -0.39 is 0 Å². The number of rotatable bonds is 6. The number of nitrogen functional groups attached to an aromatic ring is 1. The normalized spacial score (nSPS) is 12.5. The maximum Gasteiger partial charge on any atom is 0.268 e. The zero-order chi connectivity index (χ0) is 14.5. The largest absolute Gasteiger partial charge is 0.399 e. The van der Waals surface area contributed by atoms with Crippen molar-refractivity contribution >= 4 is 22.5 Å². The lowest BCUT2D eigenvalue weighted by Crippen LogP contribution is -2.38. The molecule has 1 aromatic carbocycles. The zero-order valence-electron chi connectivity index (χ0n) is 11.3. The molecule has 0 aliphatic rings. The number of fused-ring (bicyclic) bond motifs is 1. The van der Waals surface area contributed by atoms with Crippen LogP contribution in [0, 0.1) is 0 Å². The Bertz CT molecular complexity index is 588. The number of hydrogen-bond donors (Lipinski definition) is 4. The van der Waals surface area contributed by atoms with Crippen molar-refractivity contribution in [2.24, 2.45) is 0 Å². The van der Waals surface area contributed by atoms with Crippen LogP contribution < -0.4 is 11.1 Å². The van der Waals surface area contributed by atoms with Crippen LogP contribution in [0.5, 0.6) is 0 Å². The number of aromatic nitrogens is 1. The molecule has 0 bridgehead atoms. The number of hydrogen-bond acceptors (Lipinski definition) is 4. The van der Waals surface area contributed by atoms with Gasteiger partial charge in [-0.05, 0) is 30.7 Å². The molecular formula is C14H19N3O3. The number of carbonyl (C=O) groups is 1. The number of aliphatic hydroxyl groups is 1. The molecule has 1 amide bonds. The second-order valence-electron chi connectivity index (χ2n) is 4.67. The highest BCUT2D eigenvalue weighted by Crippen LogP contribution is 2.18. The molecule has 20 heavy (non-hydrogen) atoms. The number of aromatic amines is 1. The minimum Gasteiger partial charge on any atom is -0.399 e. The maximum absolute atomic E-state index is 12.1. The van der Waals surface area contributed by atoms with Crippen molar-refractivity contribution in [3.05, 3.63) is 30.0 Å². The molecule has 1 atom stereocenters. The van der Waals surface area contributed by atoms with Crippen LogP contribution in [0.2, 0.25) is 0 Å². The van der Waals surface area contributed by atoms with Crippen molar-refractivity contribution in [2.45, 2.75) is 12.5 Å². The van der Waals surface area contributed by atoms with E-state index in [-0.39, 0.29) is 18.6 Å². The lowest BCUT2D eigenvalue weighted by atomic mass is 10.2. The number of nitrogens with two attached hydrogens (primary N) is 1. The second-order valence-corrected chi connectivity index (χ2v) is 4.67. The van der Waals surface area contributed by atoms with Gasteiger partial charge < -0.3 is 25.9 Å². The molecule has 6 nitrogen and oxygen atoms in total. The van der Waals surface area contributed by atoms with Gasteiger partial charge in [0.05, 0.1) is 12.6 Å². The van der Waals surface area contributed by atoms with Crippen LogP contribution in [0.3, 0.4) is 0 Å². The second kappa shape index (κ2) is 6.40. The van der Waals surface area contributed by atoms with Gasteiger partial charge in [0.1, 0.15) is 5.69 Å². The van der Waals surface area contributed by atoms with E-state index in [2.05, 4.69) is 10.3 Å². The average molecular weight is 277 g/mol. The topological polar surface area (TPSA) is 100 Å². The van der Waals surface area contributed by atoms with Crippen molar-refractivity contribution in [2.75, 3.05) is 26.1 Å². The summed E-state index contributed by atoms with van der Waals surface area (Å²) in [4.78, 5) is 15.2. The van der Waals surface area contributed by atoms with Gasteiger partial charge in [0.25, 0.3) is 5.91 Å². The van der Waals surface area contributed by atoms with Gasteiger partial charge >= 0.3 is 0 Å². The first-order valence-electron chi connectivity index (χ1n) is 6.43. The summed E-state index contributed by atoms with van der Waals surface area (Å²) in [5.74, 6) is -0.227. The summed E-state index contributed by atoms with van der Waals surface area (Å²) < 4.78 is 5.02. The molecule has 0 saturated carbocycles. The quantitative estimate of drug-likeness (QED) is 0.589. The van der Waals surface area contributed by atoms with Gasteiger partial charge in [-0.3, -0.25) is 4.79 Å². The third-order valence-electron chi connectivity index (χ3n) is 3.07. The van der Waals surface area contributed by atoms with E-state index in [1.54, 1.807) is 19.2 Å². The lowest BCUT2D eigenvalue weighted by Gasteiger charge is -2.16. The third kappa shape index (κ3) is 3.28. The molecule has 5 N–H and O–H groups in total. The average Bonchev–Trinajstić information content (AvgIpc) is 2.82. The Hall–Kier alpha value is -2.05. The van der Waals surface area contributed by atoms with E-state index in [0.29, 0.717) is 24.4 Å². The smallest absolute Gasteiger partial charge is 0.268 e. The molecule has 1 unspecified atom stereocenters. The first-order valence-corrected chi connectivity index (χ1v) is 6.43. The Kier molecular flexibility index (Phi) is 4.60. The summed E-state index contributed by atoms with van der Waals surface area (Å²) in [6, 6.07) is 6.96. The van der Waals surface area contributed by atoms with E-state index >= 15 is 0 Å². The van der Waals surface area contributed by atoms with Gasteiger partial charge in [-0.1, -0.05) is 0 Å². The Labute approximate surface area is 116 Å². The molecule has 108 valence electrons. The molecule has 0 saturated heterocycles. The molecule has 1 aromatic heterocycles. The zero-order valence-corrected chi connectivity index (χ0v) is 11.3. The summed E-state index contributed by atoms with van der Waals surface area (Å²) in [7, 11) is 1.56. The van der Waals surface area contributed by atoms with E-state index in [4.69, 9.17) is 15.6 Å². The van der Waals surface area contributed by atoms with Gasteiger partial charge in [0, 0.05) is 30.3 Å². The van der Waals surface area contributed by atoms with E-state index in [9.17, 15) is 4.79 Å². The van der Waals surface area contributed by atoms with Gasteiger partial charge in [-0.15, -0.1) is 0 Å². The van der Waals surface area contributed by atoms with Crippen LogP contribution in [0.4, 0.5) is 5.69 Å². The Morgan fingerprint density at radius 1 is 1.50 bits per heavy atom. The van der Waals surface area contributed by atoms with Crippen LogP contribution in [-0.4, -0.2) is 42.4 Å². The molecule has 0 fully saturated rings. The van der Waals surface area contributed by atoms with E-state index in [0.717, 1.165) is 10.9 Å². The highest BCUT2D eigenvalue weighted by Gasteiger charge is 2.15. The summed E-state index contributed by atoms with van der Waals surface area (Å²) in [5, 5.41) is 12.7. The number of ether oxygens (including phenoxy) is 1. The number of amides is 1. The first-order chi connectivity index (χ1) is 9.63. The van der Waals surface area contributed by atoms with Crippen LogP contribution >= 0.6 is 0 Å². The monoisotopic (exact) mass is 277 g/mol. The van der Waals surface area contributed by atoms with Gasteiger partial charge in [0.15, 0.2) is 0 Å². The number of H-pyrrole nitrogens is 1. The molecule has 2 rings (SSSR count). The van der Waals surface area contributed by atoms with Crippen LogP contribution in [0.25, 0.3) is 10.9 Å². The number of aliphatic hydroxyl groups excluding tert-OH is 1. The summed E-state index contributed by atoms with van der Waals surface area (Å²) >= 11 is 0. The molecule has 0 aliphatic carbocycles. The fraction of sp³-hybridized carbons (Fsp3) is 0.357. The number of carbonyl (C=O) groups excluding carboxylic acids is 1. The number of benzene rings is 1. The summed E-state index contributed by atoms with van der Waals surface area (Å²) in [5.41, 5.74) is 7.68. The highest BCUT2D eigenvalue weighted by atomic mass is 16.5. The minimum atomic E-state index is -0.227. The Morgan fingerprint density at radius 2 is 2.30 bits per heavy atom. The van der Waals surface area contributed by atoms with Gasteiger partial charge in [-0.2, -0.15) is 0 Å². The van der Waals surface area contributed by atoms with Gasteiger partial charge in [0.2, 0.25) is 0 Å². The SMILES string of the molecule is COCC(CCO)NC(=O)c1cc2cc(N)ccc2[nH]1. The number of methoxy groups -OCH3 is 1. The Morgan fingerprint density at radius 3 is 3.00 bits per heavy atom. The molecule has 6 heteroatoms. The highest BCUT2D eigenvalue weighted by molar-refractivity contribution is 5.98. The Balaban J connectivity index is 2.13. The molecular weight excluding hydrogens is 258 g/mol. The minimum absolute atomic E-state index is 0.00244. The first kappa shape index (κ1) is 14.4. The standard InChI is InChI=1S/C14H19N3O3/c1-20-8-11(4-5-18)16-14(19)13-7-9-6-10(15)2-3-12(9)17-13/h2-3,6-7,11,17-18H,4-5,8,15H2,1H3,(H,16,19). The van der Waals surface area contributed by atoms with Gasteiger partial charge in [-0.25, -0.2) is 0 Å². The van der Waals surface area contributed by atoms with Crippen molar-refractivity contribution in [1.29, 1.82) is 0 Å². The summed E-state index contributed by atoms with van der Waals surface area (Å²) in [6.07, 6.45) is 0.451. The molecule has 0 spiro atoms. The lowest BCUT2D eigenvalue weighted by molar-refractivity contribution is 0.0874. The van der Waals surface area contributed by atoms with Crippen molar-refractivity contribution in [1.82, 2.24) is 10.3 Å². The van der Waals surface area contributed by atoms with E-state index in [1.807, 2.05) is 12.1 Å². The van der Waals surface area contributed by atoms with Crippen LogP contribution in [-0.2, 0) is 4.74 Å². The molecule has 1 heterocycles.